The summed E-state index contributed by atoms with van der Waals surface area (Å²) >= 11 is 0. The van der Waals surface area contributed by atoms with Crippen LogP contribution < -0.4 is 20.9 Å². The fourth-order valence-corrected chi connectivity index (χ4v) is 2.20. The highest BCUT2D eigenvalue weighted by atomic mass is 16.5. The number of nitrogens with one attached hydrogen (secondary N) is 1. The lowest BCUT2D eigenvalue weighted by Gasteiger charge is -2.24. The van der Waals surface area contributed by atoms with Gasteiger partial charge in [-0.3, -0.25) is 5.43 Å². The number of hydrogen-bond donors (Lipinski definition) is 2. The van der Waals surface area contributed by atoms with Gasteiger partial charge in [-0.2, -0.15) is 15.0 Å². The molecule has 8 nitrogen and oxygen atoms in total. The number of aromatic nitrogens is 3. The first-order valence-electron chi connectivity index (χ1n) is 7.38. The van der Waals surface area contributed by atoms with Crippen LogP contribution in [0.1, 0.15) is 33.6 Å². The van der Waals surface area contributed by atoms with E-state index in [9.17, 15) is 0 Å². The first-order valence-corrected chi connectivity index (χ1v) is 7.38. The molecule has 8 heteroatoms. The Balaban J connectivity index is 2.17. The SMILES string of the molecule is CCN(CC1CCCO1)c1nc(NN)nc(OC(C)C)n1. The Bertz CT molecular complexity index is 450. The average molecular weight is 296 g/mol. The molecule has 0 amide bonds. The van der Waals surface area contributed by atoms with Crippen molar-refractivity contribution in [3.05, 3.63) is 0 Å². The van der Waals surface area contributed by atoms with Crippen molar-refractivity contribution < 1.29 is 9.47 Å². The number of anilines is 2. The molecular weight excluding hydrogens is 272 g/mol. The van der Waals surface area contributed by atoms with E-state index in [0.29, 0.717) is 11.9 Å². The molecule has 0 bridgehead atoms. The summed E-state index contributed by atoms with van der Waals surface area (Å²) in [5.74, 6) is 6.26. The molecule has 2 heterocycles. The summed E-state index contributed by atoms with van der Waals surface area (Å²) < 4.78 is 11.2. The maximum atomic E-state index is 5.67. The lowest BCUT2D eigenvalue weighted by atomic mass is 10.2. The lowest BCUT2D eigenvalue weighted by Crippen LogP contribution is -2.34. The van der Waals surface area contributed by atoms with E-state index in [4.69, 9.17) is 15.3 Å². The number of ether oxygens (including phenoxy) is 2. The third-order valence-corrected chi connectivity index (χ3v) is 3.19. The van der Waals surface area contributed by atoms with Crippen molar-refractivity contribution in [2.75, 3.05) is 30.0 Å². The van der Waals surface area contributed by atoms with Crippen molar-refractivity contribution in [1.82, 2.24) is 15.0 Å². The van der Waals surface area contributed by atoms with Crippen LogP contribution in [0.4, 0.5) is 11.9 Å². The molecule has 0 spiro atoms. The Hall–Kier alpha value is -1.67. The molecule has 1 aliphatic rings. The third-order valence-electron chi connectivity index (χ3n) is 3.19. The maximum absolute atomic E-state index is 5.67. The third kappa shape index (κ3) is 4.40. The van der Waals surface area contributed by atoms with Gasteiger partial charge < -0.3 is 14.4 Å². The van der Waals surface area contributed by atoms with Gasteiger partial charge >= 0.3 is 6.01 Å². The highest BCUT2D eigenvalue weighted by molar-refractivity contribution is 5.37. The number of likely N-dealkylation sites (N-methyl/N-ethyl adjacent to an activating group) is 1. The maximum Gasteiger partial charge on any atom is 0.323 e. The van der Waals surface area contributed by atoms with Gasteiger partial charge in [0.05, 0.1) is 12.2 Å². The van der Waals surface area contributed by atoms with E-state index in [2.05, 4.69) is 27.3 Å². The normalized spacial score (nSPS) is 18.0. The molecule has 1 aromatic rings. The van der Waals surface area contributed by atoms with Gasteiger partial charge in [0.25, 0.3) is 0 Å². The van der Waals surface area contributed by atoms with Crippen molar-refractivity contribution in [3.63, 3.8) is 0 Å². The van der Waals surface area contributed by atoms with E-state index >= 15 is 0 Å². The van der Waals surface area contributed by atoms with Crippen molar-refractivity contribution in [1.29, 1.82) is 0 Å². The van der Waals surface area contributed by atoms with E-state index in [1.54, 1.807) is 0 Å². The number of nitrogens with zero attached hydrogens (tertiary/aromatic N) is 4. The zero-order valence-electron chi connectivity index (χ0n) is 12.9. The van der Waals surface area contributed by atoms with Crippen LogP contribution in [0.2, 0.25) is 0 Å². The fraction of sp³-hybridized carbons (Fsp3) is 0.769. The molecule has 0 aromatic carbocycles. The summed E-state index contributed by atoms with van der Waals surface area (Å²) in [5.41, 5.74) is 2.45. The predicted octanol–water partition coefficient (Wildman–Crippen LogP) is 0.950. The van der Waals surface area contributed by atoms with Crippen molar-refractivity contribution in [2.24, 2.45) is 5.84 Å². The summed E-state index contributed by atoms with van der Waals surface area (Å²) in [6, 6.07) is 0.272. The molecule has 1 atom stereocenters. The van der Waals surface area contributed by atoms with E-state index < -0.39 is 0 Å². The average Bonchev–Trinajstić information content (AvgIpc) is 2.96. The predicted molar refractivity (Wildman–Crippen MR) is 80.3 cm³/mol. The molecular formula is C13H24N6O2. The van der Waals surface area contributed by atoms with Gasteiger partial charge in [0.1, 0.15) is 0 Å². The van der Waals surface area contributed by atoms with E-state index in [1.165, 1.54) is 0 Å². The summed E-state index contributed by atoms with van der Waals surface area (Å²) in [5, 5.41) is 0. The minimum atomic E-state index is -0.0147. The second-order valence-electron chi connectivity index (χ2n) is 5.23. The van der Waals surface area contributed by atoms with Crippen LogP contribution in [-0.2, 0) is 4.74 Å². The number of hydrazine groups is 1. The largest absolute Gasteiger partial charge is 0.461 e. The summed E-state index contributed by atoms with van der Waals surface area (Å²) in [4.78, 5) is 14.8. The minimum Gasteiger partial charge on any atom is -0.461 e. The van der Waals surface area contributed by atoms with Gasteiger partial charge in [-0.1, -0.05) is 0 Å². The standard InChI is InChI=1S/C13H24N6O2/c1-4-19(8-10-6-5-7-20-10)12-15-11(18-14)16-13(17-12)21-9(2)3/h9-10H,4-8,14H2,1-3H3,(H,15,16,17,18). The summed E-state index contributed by atoms with van der Waals surface area (Å²) in [6.07, 6.45) is 2.39. The van der Waals surface area contributed by atoms with Crippen LogP contribution in [0.15, 0.2) is 0 Å². The van der Waals surface area contributed by atoms with E-state index in [0.717, 1.165) is 32.5 Å². The molecule has 0 radical (unpaired) electrons. The minimum absolute atomic E-state index is 0.0147. The highest BCUT2D eigenvalue weighted by Crippen LogP contribution is 2.19. The first-order chi connectivity index (χ1) is 10.1. The van der Waals surface area contributed by atoms with Crippen LogP contribution >= 0.6 is 0 Å². The molecule has 21 heavy (non-hydrogen) atoms. The van der Waals surface area contributed by atoms with Gasteiger partial charge in [-0.15, -0.1) is 0 Å². The number of rotatable bonds is 7. The van der Waals surface area contributed by atoms with E-state index in [-0.39, 0.29) is 18.2 Å². The van der Waals surface area contributed by atoms with Crippen LogP contribution in [0, 0.1) is 0 Å². The van der Waals surface area contributed by atoms with E-state index in [1.807, 2.05) is 18.7 Å². The van der Waals surface area contributed by atoms with Crippen molar-refractivity contribution in [3.8, 4) is 6.01 Å². The Kier molecular flexibility index (Phi) is 5.51. The van der Waals surface area contributed by atoms with Gasteiger partial charge in [0, 0.05) is 19.7 Å². The lowest BCUT2D eigenvalue weighted by molar-refractivity contribution is 0.115. The van der Waals surface area contributed by atoms with Crippen LogP contribution in [-0.4, -0.2) is 46.9 Å². The monoisotopic (exact) mass is 296 g/mol. The molecule has 0 saturated carbocycles. The zero-order chi connectivity index (χ0) is 15.2. The van der Waals surface area contributed by atoms with Gasteiger partial charge in [0.2, 0.25) is 11.9 Å². The zero-order valence-corrected chi connectivity index (χ0v) is 12.9. The summed E-state index contributed by atoms with van der Waals surface area (Å²) in [6.45, 7) is 8.25. The van der Waals surface area contributed by atoms with Crippen LogP contribution in [0.3, 0.4) is 0 Å². The second-order valence-corrected chi connectivity index (χ2v) is 5.23. The van der Waals surface area contributed by atoms with Gasteiger partial charge in [0.15, 0.2) is 0 Å². The molecule has 1 aromatic heterocycles. The fourth-order valence-electron chi connectivity index (χ4n) is 2.20. The van der Waals surface area contributed by atoms with Crippen molar-refractivity contribution >= 4 is 11.9 Å². The van der Waals surface area contributed by atoms with Gasteiger partial charge in [-0.05, 0) is 33.6 Å². The molecule has 1 saturated heterocycles. The molecule has 118 valence electrons. The summed E-state index contributed by atoms with van der Waals surface area (Å²) in [7, 11) is 0. The number of nitrogen functional groups attached to an aromatic ring is 1. The topological polar surface area (TPSA) is 98.4 Å². The Labute approximate surface area is 125 Å². The molecule has 2 rings (SSSR count). The quantitative estimate of drug-likeness (QED) is 0.567. The van der Waals surface area contributed by atoms with Crippen LogP contribution in [0.5, 0.6) is 6.01 Å². The second kappa shape index (κ2) is 7.37. The first kappa shape index (κ1) is 15.7. The molecule has 1 unspecified atom stereocenters. The Morgan fingerprint density at radius 2 is 2.24 bits per heavy atom. The van der Waals surface area contributed by atoms with Gasteiger partial charge in [-0.25, -0.2) is 5.84 Å². The number of nitrogens with two attached hydrogens (primary N) is 1. The smallest absolute Gasteiger partial charge is 0.323 e. The van der Waals surface area contributed by atoms with Crippen LogP contribution in [0.25, 0.3) is 0 Å². The molecule has 1 fully saturated rings. The Morgan fingerprint density at radius 3 is 2.81 bits per heavy atom. The number of hydrogen-bond acceptors (Lipinski definition) is 8. The van der Waals surface area contributed by atoms with Crippen molar-refractivity contribution in [2.45, 2.75) is 45.8 Å². The highest BCUT2D eigenvalue weighted by Gasteiger charge is 2.21. The Morgan fingerprint density at radius 1 is 1.43 bits per heavy atom. The molecule has 3 N–H and O–H groups in total. The molecule has 0 aliphatic carbocycles. The molecule has 1 aliphatic heterocycles.